The van der Waals surface area contributed by atoms with Gasteiger partial charge >= 0.3 is 5.97 Å². The topological polar surface area (TPSA) is 84.5 Å². The van der Waals surface area contributed by atoms with E-state index in [1.54, 1.807) is 38.1 Å². The van der Waals surface area contributed by atoms with Crippen LogP contribution in [0.15, 0.2) is 48.5 Å². The lowest BCUT2D eigenvalue weighted by Crippen LogP contribution is -2.45. The number of amides is 2. The molecule has 0 fully saturated rings. The molecule has 0 aliphatic carbocycles. The lowest BCUT2D eigenvalue weighted by molar-refractivity contribution is -0.150. The Bertz CT molecular complexity index is 862. The Morgan fingerprint density at radius 3 is 2.31 bits per heavy atom. The van der Waals surface area contributed by atoms with Crippen molar-refractivity contribution in [2.75, 3.05) is 11.9 Å². The molecule has 154 valence electrons. The average Bonchev–Trinajstić information content (AvgIpc) is 2.71. The maximum atomic E-state index is 12.5. The molecule has 2 amide bonds. The molecule has 6 nitrogen and oxygen atoms in total. The molecule has 2 rings (SSSR count). The number of hydrogen-bond donors (Lipinski definition) is 2. The zero-order valence-electron chi connectivity index (χ0n) is 17.3. The SMILES string of the molecule is CCc1cccc(C)c1NC(=O)COC(=O)[C@@H](NC(=O)c1ccccc1)C(C)C. The zero-order chi connectivity index (χ0) is 21.4. The first-order valence-corrected chi connectivity index (χ1v) is 9.74. The summed E-state index contributed by atoms with van der Waals surface area (Å²) in [5, 5.41) is 5.50. The predicted octanol–water partition coefficient (Wildman–Crippen LogP) is 3.49. The molecular weight excluding hydrogens is 368 g/mol. The second kappa shape index (κ2) is 10.4. The summed E-state index contributed by atoms with van der Waals surface area (Å²) in [6.07, 6.45) is 0.776. The van der Waals surface area contributed by atoms with Gasteiger partial charge in [0, 0.05) is 11.3 Å². The maximum absolute atomic E-state index is 12.5. The van der Waals surface area contributed by atoms with Crippen LogP contribution in [0.1, 0.15) is 42.3 Å². The molecule has 29 heavy (non-hydrogen) atoms. The third-order valence-electron chi connectivity index (χ3n) is 4.59. The smallest absolute Gasteiger partial charge is 0.329 e. The summed E-state index contributed by atoms with van der Waals surface area (Å²) in [6.45, 7) is 7.11. The Balaban J connectivity index is 1.96. The van der Waals surface area contributed by atoms with E-state index in [0.29, 0.717) is 5.56 Å². The van der Waals surface area contributed by atoms with Gasteiger partial charge in [-0.25, -0.2) is 4.79 Å². The van der Waals surface area contributed by atoms with Crippen LogP contribution in [0, 0.1) is 12.8 Å². The van der Waals surface area contributed by atoms with Gasteiger partial charge in [-0.2, -0.15) is 0 Å². The number of para-hydroxylation sites is 1. The van der Waals surface area contributed by atoms with Gasteiger partial charge in [0.25, 0.3) is 11.8 Å². The number of carbonyl (C=O) groups excluding carboxylic acids is 3. The Morgan fingerprint density at radius 1 is 1.00 bits per heavy atom. The molecule has 2 aromatic rings. The molecule has 1 atom stereocenters. The molecule has 0 unspecified atom stereocenters. The Hall–Kier alpha value is -3.15. The van der Waals surface area contributed by atoms with Crippen molar-refractivity contribution in [2.24, 2.45) is 5.92 Å². The summed E-state index contributed by atoms with van der Waals surface area (Å²) in [5.74, 6) is -1.61. The normalized spacial score (nSPS) is 11.6. The Kier molecular flexibility index (Phi) is 7.95. The van der Waals surface area contributed by atoms with Gasteiger partial charge < -0.3 is 15.4 Å². The van der Waals surface area contributed by atoms with Crippen LogP contribution in [0.5, 0.6) is 0 Å². The molecule has 0 radical (unpaired) electrons. The summed E-state index contributed by atoms with van der Waals surface area (Å²) in [6, 6.07) is 13.6. The molecule has 2 N–H and O–H groups in total. The van der Waals surface area contributed by atoms with Crippen LogP contribution in [0.3, 0.4) is 0 Å². The van der Waals surface area contributed by atoms with Crippen molar-refractivity contribution in [3.8, 4) is 0 Å². The first-order valence-electron chi connectivity index (χ1n) is 9.74. The summed E-state index contributed by atoms with van der Waals surface area (Å²) >= 11 is 0. The molecule has 0 aliphatic heterocycles. The molecule has 0 spiro atoms. The minimum Gasteiger partial charge on any atom is -0.454 e. The van der Waals surface area contributed by atoms with Crippen molar-refractivity contribution in [1.82, 2.24) is 5.32 Å². The molecular formula is C23H28N2O4. The van der Waals surface area contributed by atoms with Crippen LogP contribution >= 0.6 is 0 Å². The van der Waals surface area contributed by atoms with Crippen LogP contribution < -0.4 is 10.6 Å². The number of benzene rings is 2. The van der Waals surface area contributed by atoms with E-state index in [-0.39, 0.29) is 11.8 Å². The van der Waals surface area contributed by atoms with Crippen LogP contribution in [0.4, 0.5) is 5.69 Å². The number of carbonyl (C=O) groups is 3. The average molecular weight is 396 g/mol. The van der Waals surface area contributed by atoms with Crippen molar-refractivity contribution >= 4 is 23.5 Å². The van der Waals surface area contributed by atoms with Gasteiger partial charge in [0.15, 0.2) is 6.61 Å². The largest absolute Gasteiger partial charge is 0.454 e. The molecule has 0 heterocycles. The second-order valence-electron chi connectivity index (χ2n) is 7.18. The van der Waals surface area contributed by atoms with E-state index >= 15 is 0 Å². The monoisotopic (exact) mass is 396 g/mol. The van der Waals surface area contributed by atoms with Gasteiger partial charge in [-0.1, -0.05) is 57.2 Å². The van der Waals surface area contributed by atoms with E-state index in [9.17, 15) is 14.4 Å². The van der Waals surface area contributed by atoms with Gasteiger partial charge in [0.05, 0.1) is 0 Å². The molecule has 0 saturated heterocycles. The number of ether oxygens (including phenoxy) is 1. The number of aryl methyl sites for hydroxylation is 2. The van der Waals surface area contributed by atoms with Gasteiger partial charge in [0.1, 0.15) is 6.04 Å². The molecule has 6 heteroatoms. The third-order valence-corrected chi connectivity index (χ3v) is 4.59. The van der Waals surface area contributed by atoms with E-state index in [1.807, 2.05) is 38.1 Å². The van der Waals surface area contributed by atoms with Crippen molar-refractivity contribution in [3.63, 3.8) is 0 Å². The van der Waals surface area contributed by atoms with Crippen molar-refractivity contribution in [2.45, 2.75) is 40.2 Å². The first-order chi connectivity index (χ1) is 13.8. The van der Waals surface area contributed by atoms with E-state index in [2.05, 4.69) is 10.6 Å². The van der Waals surface area contributed by atoms with Crippen LogP contribution in [0.2, 0.25) is 0 Å². The van der Waals surface area contributed by atoms with Gasteiger partial charge in [-0.3, -0.25) is 9.59 Å². The highest BCUT2D eigenvalue weighted by Crippen LogP contribution is 2.21. The van der Waals surface area contributed by atoms with Crippen molar-refractivity contribution < 1.29 is 19.1 Å². The summed E-state index contributed by atoms with van der Waals surface area (Å²) in [4.78, 5) is 37.1. The quantitative estimate of drug-likeness (QED) is 0.669. The standard InChI is InChI=1S/C23H28N2O4/c1-5-17-13-9-10-16(4)21(17)24-19(26)14-29-23(28)20(15(2)3)25-22(27)18-11-7-6-8-12-18/h6-13,15,20H,5,14H2,1-4H3,(H,24,26)(H,25,27)/t20-/m0/s1. The van der Waals surface area contributed by atoms with Crippen molar-refractivity contribution in [1.29, 1.82) is 0 Å². The predicted molar refractivity (Wildman–Crippen MR) is 113 cm³/mol. The molecule has 0 bridgehead atoms. The number of anilines is 1. The fourth-order valence-corrected chi connectivity index (χ4v) is 2.92. The number of esters is 1. The highest BCUT2D eigenvalue weighted by atomic mass is 16.5. The lowest BCUT2D eigenvalue weighted by atomic mass is 10.0. The van der Waals surface area contributed by atoms with E-state index in [4.69, 9.17) is 4.74 Å². The molecule has 0 saturated carbocycles. The van der Waals surface area contributed by atoms with Crippen LogP contribution in [-0.2, 0) is 20.7 Å². The van der Waals surface area contributed by atoms with Gasteiger partial charge in [-0.15, -0.1) is 0 Å². The molecule has 2 aromatic carbocycles. The lowest BCUT2D eigenvalue weighted by Gasteiger charge is -2.21. The molecule has 0 aromatic heterocycles. The Labute approximate surface area is 171 Å². The zero-order valence-corrected chi connectivity index (χ0v) is 17.3. The summed E-state index contributed by atoms with van der Waals surface area (Å²) < 4.78 is 5.18. The highest BCUT2D eigenvalue weighted by molar-refractivity contribution is 5.97. The van der Waals surface area contributed by atoms with E-state index < -0.39 is 24.5 Å². The summed E-state index contributed by atoms with van der Waals surface area (Å²) in [5.41, 5.74) is 3.16. The number of nitrogens with one attached hydrogen (secondary N) is 2. The number of rotatable bonds is 8. The fourth-order valence-electron chi connectivity index (χ4n) is 2.92. The number of hydrogen-bond acceptors (Lipinski definition) is 4. The van der Waals surface area contributed by atoms with Crippen LogP contribution in [0.25, 0.3) is 0 Å². The fraction of sp³-hybridized carbons (Fsp3) is 0.348. The van der Waals surface area contributed by atoms with E-state index in [0.717, 1.165) is 23.2 Å². The van der Waals surface area contributed by atoms with E-state index in [1.165, 1.54) is 0 Å². The van der Waals surface area contributed by atoms with Gasteiger partial charge in [0.2, 0.25) is 0 Å². The van der Waals surface area contributed by atoms with Crippen LogP contribution in [-0.4, -0.2) is 30.4 Å². The maximum Gasteiger partial charge on any atom is 0.329 e. The van der Waals surface area contributed by atoms with Gasteiger partial charge in [-0.05, 0) is 42.5 Å². The minimum absolute atomic E-state index is 0.193. The highest BCUT2D eigenvalue weighted by Gasteiger charge is 2.26. The minimum atomic E-state index is -0.847. The third kappa shape index (κ3) is 6.17. The first kappa shape index (κ1) is 22.1. The Morgan fingerprint density at radius 2 is 1.69 bits per heavy atom. The van der Waals surface area contributed by atoms with Crippen molar-refractivity contribution in [3.05, 3.63) is 65.2 Å². The summed E-state index contributed by atoms with van der Waals surface area (Å²) in [7, 11) is 0. The molecule has 0 aliphatic rings. The second-order valence-corrected chi connectivity index (χ2v) is 7.18.